The summed E-state index contributed by atoms with van der Waals surface area (Å²) in [6.45, 7) is 0. The summed E-state index contributed by atoms with van der Waals surface area (Å²) >= 11 is 0. The topological polar surface area (TPSA) is 71.3 Å². The average Bonchev–Trinajstić information content (AvgIpc) is 1.61. The van der Waals surface area contributed by atoms with E-state index >= 15 is 0 Å². The van der Waals surface area contributed by atoms with Gasteiger partial charge >= 0.3 is 0 Å². The smallest absolute Gasteiger partial charge is 0.160 e. The standard InChI is InChI=1S/C64H42N4.C58H38N4/c1-4-16-44(17-5-1)58-42-59(45-18-6-2-7-19-45)66-64(65-58)51-23-15-22-48(39-51)47-21-14-20-46(38-47)43-30-34-53(35-31-43)68-61-29-13-11-27-55(61)57-41-50(33-37-63(57)68)49-32-36-62-56(40-49)54-26-10-12-28-60(54)67(62)52-24-8-3-9-25-52;1-4-16-39(17-5-1)52-38-53(40-18-6-2-7-19-40)60-58(59-52)45-22-14-20-41(34-45)42-21-15-25-47(35-42)62-55-29-13-11-27-49(55)51-37-44(31-33-57(51)62)43-30-32-56-50(36-43)48-26-10-12-28-54(48)61(56)46-23-8-3-9-24-46/h1-42H;1-38H. The highest BCUT2D eigenvalue weighted by Crippen LogP contribution is 2.44. The second-order valence-electron chi connectivity index (χ2n) is 33.2. The zero-order valence-corrected chi connectivity index (χ0v) is 70.8. The molecular weight excluding hydrogens is 1580 g/mol. The van der Waals surface area contributed by atoms with Gasteiger partial charge in [-0.25, -0.2) is 19.9 Å². The minimum atomic E-state index is 0.697. The maximum Gasteiger partial charge on any atom is 0.160 e. The molecule has 0 N–H and O–H groups in total. The van der Waals surface area contributed by atoms with E-state index < -0.39 is 0 Å². The van der Waals surface area contributed by atoms with Gasteiger partial charge in [-0.3, -0.25) is 0 Å². The molecule has 25 rings (SSSR count). The van der Waals surface area contributed by atoms with Crippen molar-refractivity contribution in [1.29, 1.82) is 0 Å². The summed E-state index contributed by atoms with van der Waals surface area (Å²) in [6, 6.07) is 173. The first kappa shape index (κ1) is 76.2. The van der Waals surface area contributed by atoms with Gasteiger partial charge in [-0.1, -0.05) is 334 Å². The van der Waals surface area contributed by atoms with Crippen LogP contribution in [0.25, 0.3) is 233 Å². The molecule has 608 valence electrons. The third kappa shape index (κ3) is 13.9. The lowest BCUT2D eigenvalue weighted by Gasteiger charge is -2.12. The van der Waals surface area contributed by atoms with Crippen LogP contribution in [0, 0.1) is 0 Å². The fourth-order valence-corrected chi connectivity index (χ4v) is 19.2. The molecule has 0 aliphatic carbocycles. The van der Waals surface area contributed by atoms with Crippen LogP contribution in [0.15, 0.2) is 485 Å². The van der Waals surface area contributed by atoms with Gasteiger partial charge in [0.05, 0.1) is 66.9 Å². The molecule has 0 saturated heterocycles. The third-order valence-corrected chi connectivity index (χ3v) is 25.5. The van der Waals surface area contributed by atoms with Gasteiger partial charge in [-0.05, 0) is 207 Å². The van der Waals surface area contributed by atoms with Gasteiger partial charge in [-0.15, -0.1) is 0 Å². The Hall–Kier alpha value is -17.5. The molecule has 0 spiro atoms. The Bertz CT molecular complexity index is 8520. The van der Waals surface area contributed by atoms with Crippen molar-refractivity contribution in [2.45, 2.75) is 0 Å². The van der Waals surface area contributed by atoms with Crippen LogP contribution in [0.4, 0.5) is 0 Å². The number of nitrogens with zero attached hydrogens (tertiary/aromatic N) is 8. The monoisotopic (exact) mass is 1660 g/mol. The van der Waals surface area contributed by atoms with E-state index in [0.717, 1.165) is 107 Å². The van der Waals surface area contributed by atoms with E-state index in [9.17, 15) is 0 Å². The van der Waals surface area contributed by atoms with Crippen LogP contribution in [0.1, 0.15) is 0 Å². The normalized spacial score (nSPS) is 11.5. The highest BCUT2D eigenvalue weighted by atomic mass is 15.0. The second kappa shape index (κ2) is 32.6. The second-order valence-corrected chi connectivity index (χ2v) is 33.2. The molecule has 130 heavy (non-hydrogen) atoms. The van der Waals surface area contributed by atoms with Crippen molar-refractivity contribution in [2.24, 2.45) is 0 Å². The van der Waals surface area contributed by atoms with Crippen molar-refractivity contribution in [1.82, 2.24) is 38.2 Å². The maximum absolute atomic E-state index is 5.12. The Morgan fingerprint density at radius 1 is 0.115 bits per heavy atom. The summed E-state index contributed by atoms with van der Waals surface area (Å²) in [5, 5.41) is 9.92. The SMILES string of the molecule is c1ccc(-c2cc(-c3ccccc3)nc(-c3cccc(-c4cccc(-c5ccc(-n6c7ccccc7c7cc(-c8ccc9c(c8)c8ccccc8n9-c8ccccc8)ccc76)cc5)c4)c3)n2)cc1.c1ccc(-c2cc(-c3ccccc3)nc(-c3cccc(-c4cccc(-n5c6ccccc6c6cc(-c7ccc8c(c7)c7ccccc7n8-c7ccccc7)ccc65)c4)c3)n2)cc1. The van der Waals surface area contributed by atoms with E-state index in [1.807, 2.05) is 24.3 Å². The molecule has 6 aromatic heterocycles. The van der Waals surface area contributed by atoms with Crippen LogP contribution in [0.5, 0.6) is 0 Å². The molecule has 0 saturated carbocycles. The van der Waals surface area contributed by atoms with Crippen molar-refractivity contribution in [3.05, 3.63) is 485 Å². The molecule has 0 amide bonds. The fourth-order valence-electron chi connectivity index (χ4n) is 19.2. The minimum Gasteiger partial charge on any atom is -0.309 e. The summed E-state index contributed by atoms with van der Waals surface area (Å²) in [5.74, 6) is 1.40. The number of benzene rings is 19. The number of hydrogen-bond acceptors (Lipinski definition) is 4. The summed E-state index contributed by atoms with van der Waals surface area (Å²) in [4.78, 5) is 20.4. The molecule has 19 aromatic carbocycles. The first-order chi connectivity index (χ1) is 64.4. The van der Waals surface area contributed by atoms with Crippen molar-refractivity contribution >= 4 is 87.2 Å². The van der Waals surface area contributed by atoms with Gasteiger partial charge in [0.1, 0.15) is 0 Å². The predicted octanol–water partition coefficient (Wildman–Crippen LogP) is 31.7. The van der Waals surface area contributed by atoms with Crippen molar-refractivity contribution < 1.29 is 0 Å². The minimum absolute atomic E-state index is 0.697. The Labute approximate surface area is 751 Å². The lowest BCUT2D eigenvalue weighted by molar-refractivity contribution is 1.18. The van der Waals surface area contributed by atoms with E-state index in [0.29, 0.717) is 11.6 Å². The molecule has 0 fully saturated rings. The number of fused-ring (bicyclic) bond motifs is 12. The van der Waals surface area contributed by atoms with Gasteiger partial charge in [0, 0.05) is 99.2 Å². The summed E-state index contributed by atoms with van der Waals surface area (Å²) in [6.07, 6.45) is 0. The maximum atomic E-state index is 5.12. The van der Waals surface area contributed by atoms with Crippen LogP contribution in [0.2, 0.25) is 0 Å². The van der Waals surface area contributed by atoms with E-state index in [2.05, 4.69) is 479 Å². The fraction of sp³-hybridized carbons (Fsp3) is 0. The van der Waals surface area contributed by atoms with Gasteiger partial charge in [0.2, 0.25) is 0 Å². The van der Waals surface area contributed by atoms with Crippen molar-refractivity contribution in [3.63, 3.8) is 0 Å². The largest absolute Gasteiger partial charge is 0.309 e. The lowest BCUT2D eigenvalue weighted by Crippen LogP contribution is -1.96. The van der Waals surface area contributed by atoms with Crippen molar-refractivity contribution in [2.75, 3.05) is 0 Å². The van der Waals surface area contributed by atoms with Gasteiger partial charge < -0.3 is 18.3 Å². The molecule has 0 atom stereocenters. The third-order valence-electron chi connectivity index (χ3n) is 25.5. The Morgan fingerprint density at radius 3 is 0.646 bits per heavy atom. The summed E-state index contributed by atoms with van der Waals surface area (Å²) < 4.78 is 9.54. The van der Waals surface area contributed by atoms with Crippen LogP contribution >= 0.6 is 0 Å². The first-order valence-corrected chi connectivity index (χ1v) is 44.2. The lowest BCUT2D eigenvalue weighted by atomic mass is 9.97. The number of rotatable bonds is 15. The Kier molecular flexibility index (Phi) is 19.1. The number of aromatic nitrogens is 8. The van der Waals surface area contributed by atoms with E-state index in [-0.39, 0.29) is 0 Å². The van der Waals surface area contributed by atoms with E-state index in [1.165, 1.54) is 115 Å². The van der Waals surface area contributed by atoms with Crippen LogP contribution in [-0.4, -0.2) is 38.2 Å². The van der Waals surface area contributed by atoms with E-state index in [1.54, 1.807) is 0 Å². The Morgan fingerprint density at radius 2 is 0.323 bits per heavy atom. The molecule has 0 aliphatic heterocycles. The molecule has 0 radical (unpaired) electrons. The molecule has 25 aromatic rings. The van der Waals surface area contributed by atoms with E-state index in [4.69, 9.17) is 19.9 Å². The number of hydrogen-bond donors (Lipinski definition) is 0. The van der Waals surface area contributed by atoms with Crippen molar-refractivity contribution in [3.8, 4) is 146 Å². The van der Waals surface area contributed by atoms with Gasteiger partial charge in [0.15, 0.2) is 11.6 Å². The average molecular weight is 1660 g/mol. The Balaban J connectivity index is 0.000000145. The summed E-state index contributed by atoms with van der Waals surface area (Å²) in [5.41, 5.74) is 35.4. The molecular formula is C122H80N8. The van der Waals surface area contributed by atoms with Crippen LogP contribution in [-0.2, 0) is 0 Å². The molecule has 0 unspecified atom stereocenters. The van der Waals surface area contributed by atoms with Crippen LogP contribution < -0.4 is 0 Å². The van der Waals surface area contributed by atoms with Gasteiger partial charge in [0.25, 0.3) is 0 Å². The molecule has 8 heteroatoms. The zero-order valence-electron chi connectivity index (χ0n) is 70.8. The molecule has 6 heterocycles. The van der Waals surface area contributed by atoms with Gasteiger partial charge in [-0.2, -0.15) is 0 Å². The summed E-state index contributed by atoms with van der Waals surface area (Å²) in [7, 11) is 0. The first-order valence-electron chi connectivity index (χ1n) is 44.2. The number of para-hydroxylation sites is 6. The highest BCUT2D eigenvalue weighted by molar-refractivity contribution is 6.15. The molecule has 8 nitrogen and oxygen atoms in total. The predicted molar refractivity (Wildman–Crippen MR) is 541 cm³/mol. The molecule has 0 bridgehead atoms. The molecule has 0 aliphatic rings. The quantitative estimate of drug-likeness (QED) is 0.103. The zero-order chi connectivity index (χ0) is 86.0. The van der Waals surface area contributed by atoms with Crippen LogP contribution in [0.3, 0.4) is 0 Å². The highest BCUT2D eigenvalue weighted by Gasteiger charge is 2.22.